The van der Waals surface area contributed by atoms with E-state index in [-0.39, 0.29) is 47.7 Å². The molecule has 0 spiro atoms. The Balaban J connectivity index is 0.00000261. The van der Waals surface area contributed by atoms with Gasteiger partial charge in [0.25, 0.3) is 11.8 Å². The van der Waals surface area contributed by atoms with Gasteiger partial charge in [-0.2, -0.15) is 0 Å². The summed E-state index contributed by atoms with van der Waals surface area (Å²) in [4.78, 5) is 39.8. The number of rotatable bonds is 6. The molecule has 0 unspecified atom stereocenters. The van der Waals surface area contributed by atoms with Crippen molar-refractivity contribution < 1.29 is 9.59 Å². The Labute approximate surface area is 171 Å². The van der Waals surface area contributed by atoms with E-state index in [1.54, 1.807) is 36.9 Å². The molecule has 0 radical (unpaired) electrons. The minimum Gasteiger partial charge on any atom is -0.267 e. The molecule has 11 heteroatoms. The number of benzene rings is 1. The quantitative estimate of drug-likeness (QED) is 0.309. The van der Waals surface area contributed by atoms with E-state index in [1.807, 2.05) is 0 Å². The third kappa shape index (κ3) is 5.85. The number of nitrogens with one attached hydrogen (secondary N) is 4. The second-order valence-electron chi connectivity index (χ2n) is 4.88. The molecule has 0 fully saturated rings. The van der Waals surface area contributed by atoms with Gasteiger partial charge in [0, 0.05) is 35.9 Å². The number of carbonyl (C=O) groups excluding carboxylic acids is 2. The highest BCUT2D eigenvalue weighted by Gasteiger charge is 2.09. The highest BCUT2D eigenvalue weighted by molar-refractivity contribution is 14.0. The normalized spacial score (nSPS) is 9.48. The van der Waals surface area contributed by atoms with Crippen LogP contribution in [0.4, 0.5) is 11.9 Å². The Kier molecular flexibility index (Phi) is 7.37. The van der Waals surface area contributed by atoms with E-state index < -0.39 is 0 Å². The standard InChI is InChI=1S/C16H14N8O2.HI/c25-13(21-23-15-17-7-1-8-18-15)11-3-5-12(6-4-11)14(26)22-24-16-19-9-2-10-20-16;/h1-10H,(H,21,25)(H,22,26)(H,17,18,23)(H,19,20,24);1H. The minimum absolute atomic E-state index is 0. The number of hydrogen-bond donors (Lipinski definition) is 4. The first-order chi connectivity index (χ1) is 12.7. The average Bonchev–Trinajstić information content (AvgIpc) is 2.72. The van der Waals surface area contributed by atoms with Crippen molar-refractivity contribution >= 4 is 47.7 Å². The lowest BCUT2D eigenvalue weighted by molar-refractivity contribution is 0.0950. The van der Waals surface area contributed by atoms with Gasteiger partial charge in [-0.1, -0.05) is 0 Å². The molecule has 3 rings (SSSR count). The van der Waals surface area contributed by atoms with Crippen molar-refractivity contribution in [3.8, 4) is 0 Å². The van der Waals surface area contributed by atoms with Gasteiger partial charge in [0.15, 0.2) is 0 Å². The molecule has 27 heavy (non-hydrogen) atoms. The summed E-state index contributed by atoms with van der Waals surface area (Å²) in [5.74, 6) is -0.238. The van der Waals surface area contributed by atoms with Crippen molar-refractivity contribution in [2.75, 3.05) is 10.9 Å². The van der Waals surface area contributed by atoms with Crippen molar-refractivity contribution in [1.82, 2.24) is 30.8 Å². The summed E-state index contributed by atoms with van der Waals surface area (Å²) in [5, 5.41) is 0. The summed E-state index contributed by atoms with van der Waals surface area (Å²) in [6.07, 6.45) is 6.18. The van der Waals surface area contributed by atoms with E-state index in [0.29, 0.717) is 11.1 Å². The average molecular weight is 478 g/mol. The first kappa shape index (κ1) is 20.0. The van der Waals surface area contributed by atoms with E-state index in [2.05, 4.69) is 41.6 Å². The van der Waals surface area contributed by atoms with E-state index in [0.717, 1.165) is 0 Å². The number of amides is 2. The van der Waals surface area contributed by atoms with Crippen LogP contribution >= 0.6 is 24.0 Å². The highest BCUT2D eigenvalue weighted by Crippen LogP contribution is 2.05. The molecular weight excluding hydrogens is 463 g/mol. The molecule has 0 atom stereocenters. The van der Waals surface area contributed by atoms with Crippen LogP contribution in [0.3, 0.4) is 0 Å². The van der Waals surface area contributed by atoms with Crippen LogP contribution in [0, 0.1) is 0 Å². The maximum atomic E-state index is 12.1. The van der Waals surface area contributed by atoms with E-state index in [4.69, 9.17) is 0 Å². The number of hydrazine groups is 2. The molecule has 0 aliphatic rings. The Hall–Kier alpha value is -3.35. The zero-order valence-electron chi connectivity index (χ0n) is 13.8. The smallest absolute Gasteiger partial charge is 0.267 e. The fourth-order valence-electron chi connectivity index (χ4n) is 1.87. The number of nitrogens with zero attached hydrogens (tertiary/aromatic N) is 4. The van der Waals surface area contributed by atoms with Crippen LogP contribution in [0.5, 0.6) is 0 Å². The summed E-state index contributed by atoms with van der Waals surface area (Å²) in [6, 6.07) is 9.42. The summed E-state index contributed by atoms with van der Waals surface area (Å²) in [7, 11) is 0. The van der Waals surface area contributed by atoms with E-state index in [9.17, 15) is 9.59 Å². The van der Waals surface area contributed by atoms with Crippen molar-refractivity contribution in [3.63, 3.8) is 0 Å². The van der Waals surface area contributed by atoms with Crippen LogP contribution in [0.1, 0.15) is 20.7 Å². The van der Waals surface area contributed by atoms with Crippen LogP contribution in [0.15, 0.2) is 61.2 Å². The van der Waals surface area contributed by atoms with E-state index in [1.165, 1.54) is 24.3 Å². The van der Waals surface area contributed by atoms with Crippen molar-refractivity contribution in [3.05, 3.63) is 72.3 Å². The maximum Gasteiger partial charge on any atom is 0.269 e. The van der Waals surface area contributed by atoms with Gasteiger partial charge in [0.05, 0.1) is 0 Å². The monoisotopic (exact) mass is 478 g/mol. The van der Waals surface area contributed by atoms with Crippen LogP contribution < -0.4 is 21.7 Å². The molecule has 0 aliphatic carbocycles. The predicted octanol–water partition coefficient (Wildman–Crippen LogP) is 1.40. The summed E-state index contributed by atoms with van der Waals surface area (Å²) >= 11 is 0. The van der Waals surface area contributed by atoms with Gasteiger partial charge in [-0.25, -0.2) is 19.9 Å². The molecular formula is C16H15IN8O2. The van der Waals surface area contributed by atoms with Crippen molar-refractivity contribution in [2.45, 2.75) is 0 Å². The molecule has 0 saturated carbocycles. The molecule has 10 nitrogen and oxygen atoms in total. The first-order valence-electron chi connectivity index (χ1n) is 7.49. The van der Waals surface area contributed by atoms with Crippen LogP contribution in [-0.2, 0) is 0 Å². The summed E-state index contributed by atoms with van der Waals surface area (Å²) in [6.45, 7) is 0. The summed E-state index contributed by atoms with van der Waals surface area (Å²) in [5.41, 5.74) is 10.9. The topological polar surface area (TPSA) is 134 Å². The largest absolute Gasteiger partial charge is 0.269 e. The fourth-order valence-corrected chi connectivity index (χ4v) is 1.87. The minimum atomic E-state index is -0.389. The van der Waals surface area contributed by atoms with Gasteiger partial charge in [-0.05, 0) is 36.4 Å². The first-order valence-corrected chi connectivity index (χ1v) is 7.49. The Morgan fingerprint density at radius 2 is 0.963 bits per heavy atom. The lowest BCUT2D eigenvalue weighted by Crippen LogP contribution is -2.31. The highest BCUT2D eigenvalue weighted by atomic mass is 127. The van der Waals surface area contributed by atoms with Crippen molar-refractivity contribution in [1.29, 1.82) is 0 Å². The van der Waals surface area contributed by atoms with E-state index >= 15 is 0 Å². The van der Waals surface area contributed by atoms with Crippen molar-refractivity contribution in [2.24, 2.45) is 0 Å². The van der Waals surface area contributed by atoms with Gasteiger partial charge in [-0.15, -0.1) is 24.0 Å². The van der Waals surface area contributed by atoms with Gasteiger partial charge in [-0.3, -0.25) is 31.3 Å². The molecule has 0 aliphatic heterocycles. The number of hydrogen-bond acceptors (Lipinski definition) is 8. The predicted molar refractivity (Wildman–Crippen MR) is 108 cm³/mol. The maximum absolute atomic E-state index is 12.1. The molecule has 0 saturated heterocycles. The molecule has 2 amide bonds. The Morgan fingerprint density at radius 3 is 1.30 bits per heavy atom. The van der Waals surface area contributed by atoms with Crippen LogP contribution in [0.2, 0.25) is 0 Å². The molecule has 2 aromatic heterocycles. The Bertz CT molecular complexity index is 803. The SMILES string of the molecule is I.O=C(NNc1ncccn1)c1ccc(C(=O)NNc2ncccn2)cc1. The fraction of sp³-hybridized carbons (Fsp3) is 0. The third-order valence-electron chi connectivity index (χ3n) is 3.12. The van der Waals surface area contributed by atoms with Crippen LogP contribution in [0.25, 0.3) is 0 Å². The van der Waals surface area contributed by atoms with Gasteiger partial charge in [0.2, 0.25) is 11.9 Å². The van der Waals surface area contributed by atoms with Gasteiger partial charge in [0.1, 0.15) is 0 Å². The molecule has 3 aromatic rings. The molecule has 2 heterocycles. The zero-order chi connectivity index (χ0) is 18.2. The summed E-state index contributed by atoms with van der Waals surface area (Å²) < 4.78 is 0. The number of aromatic nitrogens is 4. The van der Waals surface area contributed by atoms with Gasteiger partial charge < -0.3 is 0 Å². The lowest BCUT2D eigenvalue weighted by atomic mass is 10.1. The molecule has 1 aromatic carbocycles. The molecule has 0 bridgehead atoms. The molecule has 138 valence electrons. The lowest BCUT2D eigenvalue weighted by Gasteiger charge is -2.08. The zero-order valence-corrected chi connectivity index (χ0v) is 16.1. The Morgan fingerprint density at radius 1 is 0.630 bits per heavy atom. The second-order valence-corrected chi connectivity index (χ2v) is 4.88. The molecule has 4 N–H and O–H groups in total. The third-order valence-corrected chi connectivity index (χ3v) is 3.12. The number of halogens is 1. The number of anilines is 2. The number of carbonyl (C=O) groups is 2. The second kappa shape index (κ2) is 9.96. The van der Waals surface area contributed by atoms with Crippen LogP contribution in [-0.4, -0.2) is 31.8 Å². The van der Waals surface area contributed by atoms with Gasteiger partial charge >= 0.3 is 0 Å².